The summed E-state index contributed by atoms with van der Waals surface area (Å²) in [6.45, 7) is 0.0238. The molecule has 0 saturated heterocycles. The Morgan fingerprint density at radius 2 is 1.96 bits per heavy atom. The summed E-state index contributed by atoms with van der Waals surface area (Å²) in [4.78, 5) is 8.47. The van der Waals surface area contributed by atoms with E-state index in [1.165, 1.54) is 12.1 Å². The molecule has 118 valence electrons. The first-order chi connectivity index (χ1) is 11.2. The maximum atomic E-state index is 13.4. The van der Waals surface area contributed by atoms with Crippen molar-refractivity contribution in [3.05, 3.63) is 65.7 Å². The van der Waals surface area contributed by atoms with Crippen LogP contribution in [0.25, 0.3) is 0 Å². The second kappa shape index (κ2) is 6.87. The third-order valence-corrected chi connectivity index (χ3v) is 3.03. The molecular weight excluding hydrogens is 301 g/mol. The molecule has 0 spiro atoms. The Morgan fingerprint density at radius 1 is 1.09 bits per heavy atom. The number of hydrogen-bond acceptors (Lipinski definition) is 6. The number of rotatable bonds is 6. The smallest absolute Gasteiger partial charge is 0.232 e. The maximum Gasteiger partial charge on any atom is 0.232 e. The molecule has 0 N–H and O–H groups in total. The Bertz CT molecular complexity index is 792. The van der Waals surface area contributed by atoms with E-state index < -0.39 is 5.82 Å². The van der Waals surface area contributed by atoms with Gasteiger partial charge in [-0.2, -0.15) is 4.98 Å². The van der Waals surface area contributed by atoms with Gasteiger partial charge in [0.15, 0.2) is 18.2 Å². The van der Waals surface area contributed by atoms with Gasteiger partial charge in [0.2, 0.25) is 17.6 Å². The first-order valence-corrected chi connectivity index (χ1v) is 6.93. The lowest BCUT2D eigenvalue weighted by molar-refractivity contribution is 0.272. The molecule has 0 aliphatic carbocycles. The normalized spacial score (nSPS) is 10.5. The SMILES string of the molecule is COc1cccc(Cc2nc(COc3ccccc3F)no2)n1. The fourth-order valence-corrected chi connectivity index (χ4v) is 1.95. The molecule has 0 atom stereocenters. The minimum absolute atomic E-state index is 0.0238. The van der Waals surface area contributed by atoms with Crippen LogP contribution in [0.4, 0.5) is 4.39 Å². The van der Waals surface area contributed by atoms with Gasteiger partial charge in [-0.25, -0.2) is 9.37 Å². The monoisotopic (exact) mass is 315 g/mol. The molecule has 2 heterocycles. The number of hydrogen-bond donors (Lipinski definition) is 0. The van der Waals surface area contributed by atoms with E-state index in [2.05, 4.69) is 15.1 Å². The molecule has 7 heteroatoms. The summed E-state index contributed by atoms with van der Waals surface area (Å²) in [6, 6.07) is 11.6. The van der Waals surface area contributed by atoms with E-state index in [4.69, 9.17) is 14.0 Å². The van der Waals surface area contributed by atoms with Gasteiger partial charge in [-0.05, 0) is 18.2 Å². The lowest BCUT2D eigenvalue weighted by atomic mass is 10.3. The molecule has 0 amide bonds. The molecule has 0 bridgehead atoms. The van der Waals surface area contributed by atoms with Crippen LogP contribution in [0.2, 0.25) is 0 Å². The molecule has 0 unspecified atom stereocenters. The van der Waals surface area contributed by atoms with Crippen LogP contribution in [0.15, 0.2) is 47.0 Å². The van der Waals surface area contributed by atoms with Crippen molar-refractivity contribution in [2.24, 2.45) is 0 Å². The van der Waals surface area contributed by atoms with Crippen molar-refractivity contribution in [1.29, 1.82) is 0 Å². The molecular formula is C16H14FN3O3. The molecule has 0 radical (unpaired) electrons. The van der Waals surface area contributed by atoms with E-state index in [0.717, 1.165) is 5.69 Å². The largest absolute Gasteiger partial charge is 0.482 e. The van der Waals surface area contributed by atoms with Gasteiger partial charge in [0, 0.05) is 6.07 Å². The molecule has 3 aromatic rings. The number of ether oxygens (including phenoxy) is 2. The van der Waals surface area contributed by atoms with Crippen molar-refractivity contribution in [1.82, 2.24) is 15.1 Å². The fourth-order valence-electron chi connectivity index (χ4n) is 1.95. The van der Waals surface area contributed by atoms with Crippen LogP contribution < -0.4 is 9.47 Å². The molecule has 23 heavy (non-hydrogen) atoms. The van der Waals surface area contributed by atoms with Crippen LogP contribution in [0, 0.1) is 5.82 Å². The number of methoxy groups -OCH3 is 1. The summed E-state index contributed by atoms with van der Waals surface area (Å²) in [5.74, 6) is 0.972. The quantitative estimate of drug-likeness (QED) is 0.696. The lowest BCUT2D eigenvalue weighted by Crippen LogP contribution is -2.00. The van der Waals surface area contributed by atoms with Gasteiger partial charge < -0.3 is 14.0 Å². The molecule has 3 rings (SSSR count). The average Bonchev–Trinajstić information content (AvgIpc) is 3.02. The number of benzene rings is 1. The zero-order chi connectivity index (χ0) is 16.1. The molecule has 0 aliphatic heterocycles. The Balaban J connectivity index is 1.63. The van der Waals surface area contributed by atoms with Gasteiger partial charge in [-0.15, -0.1) is 0 Å². The van der Waals surface area contributed by atoms with Crippen LogP contribution >= 0.6 is 0 Å². The van der Waals surface area contributed by atoms with Crippen molar-refractivity contribution < 1.29 is 18.4 Å². The Morgan fingerprint density at radius 3 is 2.78 bits per heavy atom. The lowest BCUT2D eigenvalue weighted by Gasteiger charge is -2.03. The van der Waals surface area contributed by atoms with Gasteiger partial charge in [0.1, 0.15) is 0 Å². The predicted octanol–water partition coefficient (Wildman–Crippen LogP) is 2.78. The highest BCUT2D eigenvalue weighted by Gasteiger charge is 2.10. The fraction of sp³-hybridized carbons (Fsp3) is 0.188. The highest BCUT2D eigenvalue weighted by Crippen LogP contribution is 2.17. The summed E-state index contributed by atoms with van der Waals surface area (Å²) in [5, 5.41) is 3.81. The zero-order valence-electron chi connectivity index (χ0n) is 12.4. The average molecular weight is 315 g/mol. The van der Waals surface area contributed by atoms with Gasteiger partial charge >= 0.3 is 0 Å². The third-order valence-electron chi connectivity index (χ3n) is 3.03. The summed E-state index contributed by atoms with van der Waals surface area (Å²) in [7, 11) is 1.55. The molecule has 0 aliphatic rings. The molecule has 0 fully saturated rings. The van der Waals surface area contributed by atoms with Crippen molar-refractivity contribution in [3.8, 4) is 11.6 Å². The van der Waals surface area contributed by atoms with Gasteiger partial charge in [-0.3, -0.25) is 0 Å². The highest BCUT2D eigenvalue weighted by atomic mass is 19.1. The first-order valence-electron chi connectivity index (χ1n) is 6.93. The van der Waals surface area contributed by atoms with Gasteiger partial charge in [0.05, 0.1) is 19.2 Å². The summed E-state index contributed by atoms with van der Waals surface area (Å²) < 4.78 is 29.0. The third kappa shape index (κ3) is 3.82. The van der Waals surface area contributed by atoms with Crippen molar-refractivity contribution in [3.63, 3.8) is 0 Å². The molecule has 1 aromatic carbocycles. The Kier molecular flexibility index (Phi) is 4.46. The van der Waals surface area contributed by atoms with Crippen LogP contribution in [0.1, 0.15) is 17.4 Å². The summed E-state index contributed by atoms with van der Waals surface area (Å²) in [5.41, 5.74) is 0.745. The van der Waals surface area contributed by atoms with E-state index in [0.29, 0.717) is 24.0 Å². The molecule has 2 aromatic heterocycles. The maximum absolute atomic E-state index is 13.4. The first kappa shape index (κ1) is 15.0. The molecule has 0 saturated carbocycles. The summed E-state index contributed by atoms with van der Waals surface area (Å²) in [6.07, 6.45) is 0.379. The molecule has 6 nitrogen and oxygen atoms in total. The van der Waals surface area contributed by atoms with E-state index in [9.17, 15) is 4.39 Å². The van der Waals surface area contributed by atoms with Crippen molar-refractivity contribution in [2.75, 3.05) is 7.11 Å². The number of para-hydroxylation sites is 1. The highest BCUT2D eigenvalue weighted by molar-refractivity contribution is 5.23. The number of halogens is 1. The van der Waals surface area contributed by atoms with Crippen molar-refractivity contribution in [2.45, 2.75) is 13.0 Å². The topological polar surface area (TPSA) is 70.3 Å². The number of pyridine rings is 1. The second-order valence-electron chi connectivity index (χ2n) is 4.67. The minimum atomic E-state index is -0.434. The van der Waals surface area contributed by atoms with Crippen LogP contribution in [0.3, 0.4) is 0 Å². The number of aromatic nitrogens is 3. The Labute approximate surface area is 131 Å². The minimum Gasteiger partial charge on any atom is -0.482 e. The second-order valence-corrected chi connectivity index (χ2v) is 4.67. The van der Waals surface area contributed by atoms with Gasteiger partial charge in [-0.1, -0.05) is 23.4 Å². The predicted molar refractivity (Wildman–Crippen MR) is 78.6 cm³/mol. The van der Waals surface area contributed by atoms with E-state index in [1.54, 1.807) is 25.3 Å². The van der Waals surface area contributed by atoms with E-state index >= 15 is 0 Å². The Hall–Kier alpha value is -2.96. The summed E-state index contributed by atoms with van der Waals surface area (Å²) >= 11 is 0. The number of nitrogens with zero attached hydrogens (tertiary/aromatic N) is 3. The standard InChI is InChI=1S/C16H14FN3O3/c1-21-15-8-4-5-11(18-15)9-16-19-14(20-23-16)10-22-13-7-3-2-6-12(13)17/h2-8H,9-10H2,1H3. The van der Waals surface area contributed by atoms with Crippen LogP contribution in [-0.2, 0) is 13.0 Å². The van der Waals surface area contributed by atoms with E-state index in [-0.39, 0.29) is 12.4 Å². The van der Waals surface area contributed by atoms with Crippen LogP contribution in [0.5, 0.6) is 11.6 Å². The van der Waals surface area contributed by atoms with Crippen molar-refractivity contribution >= 4 is 0 Å². The zero-order valence-corrected chi connectivity index (χ0v) is 12.4. The van der Waals surface area contributed by atoms with E-state index in [1.807, 2.05) is 12.1 Å². The van der Waals surface area contributed by atoms with Crippen LogP contribution in [-0.4, -0.2) is 22.2 Å². The van der Waals surface area contributed by atoms with Gasteiger partial charge in [0.25, 0.3) is 0 Å².